The number of likely N-dealkylation sites (tertiary alicyclic amines) is 2. The second-order valence-electron chi connectivity index (χ2n) is 8.04. The lowest BCUT2D eigenvalue weighted by molar-refractivity contribution is 0.138. The van der Waals surface area contributed by atoms with Crippen molar-refractivity contribution in [3.8, 4) is 0 Å². The molecule has 0 aromatic rings. The Balaban J connectivity index is 1.36. The fourth-order valence-corrected chi connectivity index (χ4v) is 5.28. The Hall–Kier alpha value is -1.69. The van der Waals surface area contributed by atoms with Gasteiger partial charge in [-0.25, -0.2) is 0 Å². The second-order valence-corrected chi connectivity index (χ2v) is 8.04. The standard InChI is InChI=1S/C19H30N6/c1-2-8-24(7-1)15-4-3-9-25(13-15)17-5-6-20-19-18(17)16(12-21-19)14-10-22-23-11-14/h5,10,14-16,20-21,23H,1-4,6-9,11-13H2/t14?,15-,16?/m0/s1. The maximum Gasteiger partial charge on any atom is 0.105 e. The molecule has 2 unspecified atom stereocenters. The lowest BCUT2D eigenvalue weighted by atomic mass is 9.85. The van der Waals surface area contributed by atoms with E-state index in [2.05, 4.69) is 43.3 Å². The highest BCUT2D eigenvalue weighted by Gasteiger charge is 2.38. The van der Waals surface area contributed by atoms with Crippen molar-refractivity contribution in [3.63, 3.8) is 0 Å². The first kappa shape index (κ1) is 15.6. The fraction of sp³-hybridized carbons (Fsp3) is 0.737. The molecule has 2 saturated heterocycles. The van der Waals surface area contributed by atoms with Crippen LogP contribution in [-0.4, -0.2) is 67.9 Å². The van der Waals surface area contributed by atoms with E-state index in [-0.39, 0.29) is 0 Å². The van der Waals surface area contributed by atoms with Crippen molar-refractivity contribution < 1.29 is 0 Å². The van der Waals surface area contributed by atoms with E-state index >= 15 is 0 Å². The van der Waals surface area contributed by atoms with Crippen molar-refractivity contribution in [2.75, 3.05) is 45.8 Å². The molecule has 3 N–H and O–H groups in total. The van der Waals surface area contributed by atoms with Gasteiger partial charge in [0, 0.05) is 68.1 Å². The molecule has 0 aliphatic carbocycles. The van der Waals surface area contributed by atoms with Crippen LogP contribution in [0.5, 0.6) is 0 Å². The summed E-state index contributed by atoms with van der Waals surface area (Å²) in [5.74, 6) is 2.30. The summed E-state index contributed by atoms with van der Waals surface area (Å²) in [7, 11) is 0. The molecule has 25 heavy (non-hydrogen) atoms. The van der Waals surface area contributed by atoms with Crippen molar-refractivity contribution in [1.82, 2.24) is 25.9 Å². The van der Waals surface area contributed by atoms with Crippen molar-refractivity contribution in [2.45, 2.75) is 31.7 Å². The maximum absolute atomic E-state index is 4.26. The summed E-state index contributed by atoms with van der Waals surface area (Å²) in [5, 5.41) is 11.4. The van der Waals surface area contributed by atoms with E-state index in [1.54, 1.807) is 0 Å². The molecule has 6 heteroatoms. The van der Waals surface area contributed by atoms with Gasteiger partial charge in [0.1, 0.15) is 5.82 Å². The van der Waals surface area contributed by atoms with Crippen LogP contribution in [0.15, 0.2) is 28.3 Å². The Morgan fingerprint density at radius 3 is 2.80 bits per heavy atom. The molecule has 5 heterocycles. The van der Waals surface area contributed by atoms with Gasteiger partial charge in [0.25, 0.3) is 0 Å². The average molecular weight is 342 g/mol. The molecule has 5 rings (SSSR count). The molecule has 0 aromatic carbocycles. The highest BCUT2D eigenvalue weighted by molar-refractivity contribution is 5.65. The summed E-state index contributed by atoms with van der Waals surface area (Å²) >= 11 is 0. The molecule has 0 spiro atoms. The van der Waals surface area contributed by atoms with E-state index in [0.29, 0.717) is 11.8 Å². The fourth-order valence-electron chi connectivity index (χ4n) is 5.28. The van der Waals surface area contributed by atoms with E-state index in [4.69, 9.17) is 0 Å². The van der Waals surface area contributed by atoms with Gasteiger partial charge in [-0.3, -0.25) is 4.90 Å². The van der Waals surface area contributed by atoms with E-state index in [9.17, 15) is 0 Å². The summed E-state index contributed by atoms with van der Waals surface area (Å²) in [6.45, 7) is 7.95. The molecule has 0 bridgehead atoms. The van der Waals surface area contributed by atoms with Crippen LogP contribution >= 0.6 is 0 Å². The predicted molar refractivity (Wildman–Crippen MR) is 100.0 cm³/mol. The first-order chi connectivity index (χ1) is 12.4. The number of dihydropyridines is 1. The van der Waals surface area contributed by atoms with Gasteiger partial charge in [-0.15, -0.1) is 0 Å². The molecular weight excluding hydrogens is 312 g/mol. The molecule has 5 aliphatic heterocycles. The third kappa shape index (κ3) is 2.80. The number of hydrogen-bond donors (Lipinski definition) is 3. The number of piperidine rings is 1. The van der Waals surface area contributed by atoms with Crippen molar-refractivity contribution in [2.24, 2.45) is 16.9 Å². The van der Waals surface area contributed by atoms with Crippen LogP contribution in [0.4, 0.5) is 0 Å². The Bertz CT molecular complexity index is 603. The van der Waals surface area contributed by atoms with Gasteiger partial charge < -0.3 is 21.0 Å². The van der Waals surface area contributed by atoms with Crippen LogP contribution in [0, 0.1) is 11.8 Å². The molecule has 5 aliphatic rings. The van der Waals surface area contributed by atoms with Gasteiger partial charge in [-0.1, -0.05) is 0 Å². The number of hydrazone groups is 1. The third-order valence-electron chi connectivity index (χ3n) is 6.58. The van der Waals surface area contributed by atoms with Gasteiger partial charge in [0.2, 0.25) is 0 Å². The van der Waals surface area contributed by atoms with Crippen LogP contribution in [0.3, 0.4) is 0 Å². The molecule has 0 amide bonds. The van der Waals surface area contributed by atoms with Gasteiger partial charge in [0.05, 0.1) is 0 Å². The monoisotopic (exact) mass is 342 g/mol. The van der Waals surface area contributed by atoms with E-state index < -0.39 is 0 Å². The normalized spacial score (nSPS) is 35.3. The summed E-state index contributed by atoms with van der Waals surface area (Å²) in [4.78, 5) is 5.42. The lowest BCUT2D eigenvalue weighted by Gasteiger charge is -2.41. The Morgan fingerprint density at radius 1 is 1.04 bits per heavy atom. The van der Waals surface area contributed by atoms with Crippen molar-refractivity contribution in [3.05, 3.63) is 23.2 Å². The lowest BCUT2D eigenvalue weighted by Crippen LogP contribution is -2.47. The van der Waals surface area contributed by atoms with Crippen LogP contribution < -0.4 is 16.1 Å². The van der Waals surface area contributed by atoms with Crippen LogP contribution in [0.25, 0.3) is 0 Å². The van der Waals surface area contributed by atoms with Gasteiger partial charge in [-0.2, -0.15) is 5.10 Å². The highest BCUT2D eigenvalue weighted by Crippen LogP contribution is 2.37. The van der Waals surface area contributed by atoms with E-state index in [1.165, 1.54) is 69.0 Å². The van der Waals surface area contributed by atoms with Gasteiger partial charge in [0.15, 0.2) is 0 Å². The van der Waals surface area contributed by atoms with E-state index in [0.717, 1.165) is 25.7 Å². The Labute approximate surface area is 150 Å². The first-order valence-electron chi connectivity index (χ1n) is 10.1. The third-order valence-corrected chi connectivity index (χ3v) is 6.58. The molecular formula is C19H30N6. The van der Waals surface area contributed by atoms with E-state index in [1.807, 2.05) is 0 Å². The summed E-state index contributed by atoms with van der Waals surface area (Å²) in [6.07, 6.45) is 9.99. The zero-order valence-corrected chi connectivity index (χ0v) is 15.0. The molecule has 136 valence electrons. The predicted octanol–water partition coefficient (Wildman–Crippen LogP) is 0.670. The zero-order valence-electron chi connectivity index (χ0n) is 15.0. The highest BCUT2D eigenvalue weighted by atomic mass is 15.3. The maximum atomic E-state index is 4.26. The summed E-state index contributed by atoms with van der Waals surface area (Å²) in [5.41, 5.74) is 6.14. The first-order valence-corrected chi connectivity index (χ1v) is 10.1. The smallest absolute Gasteiger partial charge is 0.105 e. The largest absolute Gasteiger partial charge is 0.371 e. The summed E-state index contributed by atoms with van der Waals surface area (Å²) < 4.78 is 0. The van der Waals surface area contributed by atoms with Crippen LogP contribution in [0.2, 0.25) is 0 Å². The second kappa shape index (κ2) is 6.56. The molecule has 3 atom stereocenters. The van der Waals surface area contributed by atoms with Crippen LogP contribution in [-0.2, 0) is 0 Å². The molecule has 0 radical (unpaired) electrons. The zero-order chi connectivity index (χ0) is 16.6. The quantitative estimate of drug-likeness (QED) is 0.704. The molecule has 0 aromatic heterocycles. The summed E-state index contributed by atoms with van der Waals surface area (Å²) in [6, 6.07) is 0.749. The van der Waals surface area contributed by atoms with Crippen LogP contribution in [0.1, 0.15) is 25.7 Å². The number of hydrogen-bond acceptors (Lipinski definition) is 6. The SMILES string of the molecule is C1=NNCC1C1CNC2=C1C(N1CCC[C@H](N3CCCC3)C1)=CCN2. The minimum absolute atomic E-state index is 0.502. The van der Waals surface area contributed by atoms with Gasteiger partial charge >= 0.3 is 0 Å². The minimum Gasteiger partial charge on any atom is -0.371 e. The Morgan fingerprint density at radius 2 is 1.96 bits per heavy atom. The van der Waals surface area contributed by atoms with Gasteiger partial charge in [-0.05, 0) is 44.8 Å². The number of nitrogens with zero attached hydrogens (tertiary/aromatic N) is 3. The molecule has 2 fully saturated rings. The number of rotatable bonds is 3. The van der Waals surface area contributed by atoms with Crippen molar-refractivity contribution in [1.29, 1.82) is 0 Å². The minimum atomic E-state index is 0.502. The number of allylic oxidation sites excluding steroid dienone is 1. The topological polar surface area (TPSA) is 54.9 Å². The Kier molecular flexibility index (Phi) is 4.08. The average Bonchev–Trinajstić information content (AvgIpc) is 3.41. The van der Waals surface area contributed by atoms with Crippen molar-refractivity contribution >= 4 is 6.21 Å². The number of nitrogens with one attached hydrogen (secondary N) is 3. The molecule has 6 nitrogen and oxygen atoms in total. The molecule has 0 saturated carbocycles.